The fourth-order valence-electron chi connectivity index (χ4n) is 2.99. The summed E-state index contributed by atoms with van der Waals surface area (Å²) in [4.78, 5) is 11.7. The Morgan fingerprint density at radius 1 is 1.30 bits per heavy atom. The molecule has 0 amide bonds. The van der Waals surface area contributed by atoms with Gasteiger partial charge in [0.15, 0.2) is 0 Å². The van der Waals surface area contributed by atoms with Crippen molar-refractivity contribution < 1.29 is 22.7 Å². The van der Waals surface area contributed by atoms with E-state index in [1.807, 2.05) is 0 Å². The molecule has 0 bridgehead atoms. The van der Waals surface area contributed by atoms with E-state index in [0.717, 1.165) is 25.7 Å². The van der Waals surface area contributed by atoms with Crippen LogP contribution < -0.4 is 0 Å². The summed E-state index contributed by atoms with van der Waals surface area (Å²) in [5, 5.41) is 0. The van der Waals surface area contributed by atoms with Crippen LogP contribution in [0.2, 0.25) is 0 Å². The lowest BCUT2D eigenvalue weighted by Gasteiger charge is -2.34. The predicted octanol–water partition coefficient (Wildman–Crippen LogP) is 0.770. The predicted molar refractivity (Wildman–Crippen MR) is 73.7 cm³/mol. The number of nitrogens with zero attached hydrogens (tertiary/aromatic N) is 1. The lowest BCUT2D eigenvalue weighted by atomic mass is 9.91. The van der Waals surface area contributed by atoms with Crippen LogP contribution >= 0.6 is 0 Å². The minimum absolute atomic E-state index is 0.0799. The third-order valence-electron chi connectivity index (χ3n) is 4.08. The molecule has 2 aliphatic rings. The number of sulfonamides is 1. The molecule has 1 heterocycles. The van der Waals surface area contributed by atoms with Crippen LogP contribution in [0.15, 0.2) is 0 Å². The summed E-state index contributed by atoms with van der Waals surface area (Å²) in [6, 6.07) is -0.831. The van der Waals surface area contributed by atoms with Gasteiger partial charge < -0.3 is 9.47 Å². The van der Waals surface area contributed by atoms with Crippen LogP contribution in [-0.2, 0) is 24.3 Å². The second-order valence-electron chi connectivity index (χ2n) is 5.51. The molecule has 0 aromatic carbocycles. The van der Waals surface area contributed by atoms with Crippen LogP contribution in [0.5, 0.6) is 0 Å². The molecule has 1 unspecified atom stereocenters. The zero-order valence-electron chi connectivity index (χ0n) is 11.9. The summed E-state index contributed by atoms with van der Waals surface area (Å²) >= 11 is 0. The van der Waals surface area contributed by atoms with Gasteiger partial charge in [0.05, 0.1) is 26.1 Å². The van der Waals surface area contributed by atoms with E-state index in [9.17, 15) is 13.2 Å². The molecule has 20 heavy (non-hydrogen) atoms. The number of esters is 1. The molecular weight excluding hydrogens is 282 g/mol. The monoisotopic (exact) mass is 305 g/mol. The van der Waals surface area contributed by atoms with Gasteiger partial charge in [-0.15, -0.1) is 0 Å². The van der Waals surface area contributed by atoms with Gasteiger partial charge in [-0.25, -0.2) is 8.42 Å². The molecule has 0 aromatic rings. The van der Waals surface area contributed by atoms with E-state index in [1.54, 1.807) is 0 Å². The highest BCUT2D eigenvalue weighted by atomic mass is 32.2. The first-order valence-electron chi connectivity index (χ1n) is 7.19. The Bertz CT molecular complexity index is 430. The second-order valence-corrected chi connectivity index (χ2v) is 7.47. The number of methoxy groups -OCH3 is 1. The molecule has 1 aliphatic carbocycles. The van der Waals surface area contributed by atoms with Gasteiger partial charge in [-0.3, -0.25) is 4.79 Å². The summed E-state index contributed by atoms with van der Waals surface area (Å²) in [5.74, 6) is -0.188. The molecule has 116 valence electrons. The summed E-state index contributed by atoms with van der Waals surface area (Å²) in [6.07, 6.45) is 5.32. The summed E-state index contributed by atoms with van der Waals surface area (Å²) < 4.78 is 36.3. The Balaban J connectivity index is 2.06. The lowest BCUT2D eigenvalue weighted by Crippen LogP contribution is -2.54. The molecule has 0 spiro atoms. The molecule has 0 radical (unpaired) electrons. The molecule has 2 fully saturated rings. The van der Waals surface area contributed by atoms with Crippen molar-refractivity contribution in [1.29, 1.82) is 0 Å². The van der Waals surface area contributed by atoms with Gasteiger partial charge in [0, 0.05) is 6.54 Å². The number of rotatable bonds is 4. The van der Waals surface area contributed by atoms with Crippen LogP contribution in [0, 0.1) is 5.92 Å². The summed E-state index contributed by atoms with van der Waals surface area (Å²) in [7, 11) is -2.17. The zero-order valence-corrected chi connectivity index (χ0v) is 12.7. The number of hydrogen-bond acceptors (Lipinski definition) is 5. The van der Waals surface area contributed by atoms with Crippen LogP contribution in [0.3, 0.4) is 0 Å². The molecule has 0 N–H and O–H groups in total. The Labute approximate surface area is 120 Å². The smallest absolute Gasteiger partial charge is 0.326 e. The van der Waals surface area contributed by atoms with E-state index in [4.69, 9.17) is 4.74 Å². The molecule has 0 aromatic heterocycles. The highest BCUT2D eigenvalue weighted by Gasteiger charge is 2.39. The van der Waals surface area contributed by atoms with Crippen molar-refractivity contribution in [3.8, 4) is 0 Å². The van der Waals surface area contributed by atoms with Gasteiger partial charge in [0.1, 0.15) is 6.04 Å². The SMILES string of the molecule is COC(=O)C1COCCN1S(=O)(=O)CC1CCCCC1. The van der Waals surface area contributed by atoms with Crippen molar-refractivity contribution >= 4 is 16.0 Å². The summed E-state index contributed by atoms with van der Waals surface area (Å²) in [5.41, 5.74) is 0. The minimum Gasteiger partial charge on any atom is -0.468 e. The third kappa shape index (κ3) is 3.71. The first-order valence-corrected chi connectivity index (χ1v) is 8.80. The van der Waals surface area contributed by atoms with Gasteiger partial charge in [-0.05, 0) is 18.8 Å². The maximum atomic E-state index is 12.5. The van der Waals surface area contributed by atoms with Crippen molar-refractivity contribution in [3.05, 3.63) is 0 Å². The minimum atomic E-state index is -3.43. The van der Waals surface area contributed by atoms with Crippen molar-refractivity contribution in [2.24, 2.45) is 5.92 Å². The topological polar surface area (TPSA) is 72.9 Å². The molecule has 2 rings (SSSR count). The number of hydrogen-bond donors (Lipinski definition) is 0. The Kier molecular flexibility index (Phi) is 5.40. The van der Waals surface area contributed by atoms with E-state index in [1.165, 1.54) is 17.8 Å². The molecule has 6 nitrogen and oxygen atoms in total. The number of ether oxygens (including phenoxy) is 2. The number of morpholine rings is 1. The maximum Gasteiger partial charge on any atom is 0.326 e. The van der Waals surface area contributed by atoms with Crippen molar-refractivity contribution in [2.45, 2.75) is 38.1 Å². The molecular formula is C13H23NO5S. The Morgan fingerprint density at radius 2 is 2.00 bits per heavy atom. The second kappa shape index (κ2) is 6.87. The van der Waals surface area contributed by atoms with E-state index in [2.05, 4.69) is 4.74 Å². The van der Waals surface area contributed by atoms with Gasteiger partial charge in [0.2, 0.25) is 10.0 Å². The first kappa shape index (κ1) is 15.7. The van der Waals surface area contributed by atoms with Crippen molar-refractivity contribution in [3.63, 3.8) is 0 Å². The van der Waals surface area contributed by atoms with E-state index >= 15 is 0 Å². The molecule has 1 saturated heterocycles. The van der Waals surface area contributed by atoms with Crippen molar-refractivity contribution in [2.75, 3.05) is 32.6 Å². The molecule has 1 saturated carbocycles. The Morgan fingerprint density at radius 3 is 2.65 bits per heavy atom. The largest absolute Gasteiger partial charge is 0.468 e. The Hall–Kier alpha value is -0.660. The van der Waals surface area contributed by atoms with E-state index in [0.29, 0.717) is 6.61 Å². The lowest BCUT2D eigenvalue weighted by molar-refractivity contribution is -0.149. The molecule has 1 atom stereocenters. The van der Waals surface area contributed by atoms with Gasteiger partial charge >= 0.3 is 5.97 Å². The quantitative estimate of drug-likeness (QED) is 0.717. The van der Waals surface area contributed by atoms with Gasteiger partial charge in [-0.2, -0.15) is 4.31 Å². The maximum absolute atomic E-state index is 12.5. The normalized spacial score (nSPS) is 26.4. The first-order chi connectivity index (χ1) is 9.54. The zero-order chi connectivity index (χ0) is 14.6. The highest BCUT2D eigenvalue weighted by Crippen LogP contribution is 2.27. The highest BCUT2D eigenvalue weighted by molar-refractivity contribution is 7.89. The fraction of sp³-hybridized carbons (Fsp3) is 0.923. The standard InChI is InChI=1S/C13H23NO5S/c1-18-13(15)12-9-19-8-7-14(12)20(16,17)10-11-5-3-2-4-6-11/h11-12H,2-10H2,1H3. The van der Waals surface area contributed by atoms with Gasteiger partial charge in [0.25, 0.3) is 0 Å². The van der Waals surface area contributed by atoms with Crippen LogP contribution in [-0.4, -0.2) is 57.4 Å². The molecule has 7 heteroatoms. The average molecular weight is 305 g/mol. The average Bonchev–Trinajstić information content (AvgIpc) is 2.47. The summed E-state index contributed by atoms with van der Waals surface area (Å²) in [6.45, 7) is 0.642. The fourth-order valence-corrected chi connectivity index (χ4v) is 5.00. The van der Waals surface area contributed by atoms with Gasteiger partial charge in [-0.1, -0.05) is 19.3 Å². The third-order valence-corrected chi connectivity index (χ3v) is 6.13. The molecule has 1 aliphatic heterocycles. The van der Waals surface area contributed by atoms with Crippen LogP contribution in [0.25, 0.3) is 0 Å². The van der Waals surface area contributed by atoms with Crippen molar-refractivity contribution in [1.82, 2.24) is 4.31 Å². The number of carbonyl (C=O) groups is 1. The van der Waals surface area contributed by atoms with Crippen LogP contribution in [0.1, 0.15) is 32.1 Å². The van der Waals surface area contributed by atoms with E-state index in [-0.39, 0.29) is 24.8 Å². The van der Waals surface area contributed by atoms with Crippen LogP contribution in [0.4, 0.5) is 0 Å². The van der Waals surface area contributed by atoms with E-state index < -0.39 is 22.0 Å². The number of carbonyl (C=O) groups excluding carboxylic acids is 1.